The van der Waals surface area contributed by atoms with Gasteiger partial charge in [-0.25, -0.2) is 0 Å². The lowest BCUT2D eigenvalue weighted by Crippen LogP contribution is -2.43. The van der Waals surface area contributed by atoms with Crippen molar-refractivity contribution < 1.29 is 14.6 Å². The van der Waals surface area contributed by atoms with Gasteiger partial charge in [-0.1, -0.05) is 13.8 Å². The second-order valence-corrected chi connectivity index (χ2v) is 7.27. The predicted octanol–water partition coefficient (Wildman–Crippen LogP) is 3.04. The van der Waals surface area contributed by atoms with Gasteiger partial charge in [0.05, 0.1) is 11.5 Å². The van der Waals surface area contributed by atoms with Crippen molar-refractivity contribution in [2.75, 3.05) is 18.1 Å². The molecule has 0 radical (unpaired) electrons. The molecule has 4 heteroatoms. The van der Waals surface area contributed by atoms with E-state index < -0.39 is 5.97 Å². The monoisotopic (exact) mass is 272 g/mol. The summed E-state index contributed by atoms with van der Waals surface area (Å²) < 4.78 is 5.98. The molecule has 2 aliphatic rings. The van der Waals surface area contributed by atoms with E-state index in [0.29, 0.717) is 11.8 Å². The second-order valence-electron chi connectivity index (χ2n) is 6.16. The molecule has 0 aromatic carbocycles. The molecule has 1 N–H and O–H groups in total. The molecule has 0 aromatic rings. The zero-order valence-electron chi connectivity index (χ0n) is 11.4. The number of carboxylic acid groups (broad SMARTS) is 1. The molecule has 0 aromatic heterocycles. The Labute approximate surface area is 114 Å². The molecule has 0 amide bonds. The SMILES string of the molecule is CC(C)CC(C(=O)O)C1CCOC2(CCSC2)C1. The summed E-state index contributed by atoms with van der Waals surface area (Å²) in [6, 6.07) is 0. The fourth-order valence-electron chi connectivity index (χ4n) is 3.28. The van der Waals surface area contributed by atoms with Gasteiger partial charge in [0, 0.05) is 12.4 Å². The Hall–Kier alpha value is -0.220. The fraction of sp³-hybridized carbons (Fsp3) is 0.929. The number of aliphatic carboxylic acids is 1. The summed E-state index contributed by atoms with van der Waals surface area (Å²) in [5.74, 6) is 2.17. The summed E-state index contributed by atoms with van der Waals surface area (Å²) in [6.07, 6.45) is 3.76. The van der Waals surface area contributed by atoms with Crippen LogP contribution in [0.1, 0.15) is 39.5 Å². The molecule has 104 valence electrons. The molecule has 3 nitrogen and oxygen atoms in total. The quantitative estimate of drug-likeness (QED) is 0.854. The number of ether oxygens (including phenoxy) is 1. The van der Waals surface area contributed by atoms with Gasteiger partial charge in [0.2, 0.25) is 0 Å². The van der Waals surface area contributed by atoms with Crippen LogP contribution in [-0.2, 0) is 9.53 Å². The Bertz CT molecular complexity index is 297. The highest BCUT2D eigenvalue weighted by Crippen LogP contribution is 2.43. The molecular weight excluding hydrogens is 248 g/mol. The van der Waals surface area contributed by atoms with Gasteiger partial charge in [0.15, 0.2) is 0 Å². The van der Waals surface area contributed by atoms with Crippen LogP contribution in [0.2, 0.25) is 0 Å². The van der Waals surface area contributed by atoms with Crippen LogP contribution in [0.25, 0.3) is 0 Å². The molecule has 0 bridgehead atoms. The number of carbonyl (C=O) groups is 1. The van der Waals surface area contributed by atoms with Gasteiger partial charge >= 0.3 is 5.97 Å². The largest absolute Gasteiger partial charge is 0.481 e. The maximum Gasteiger partial charge on any atom is 0.306 e. The van der Waals surface area contributed by atoms with Gasteiger partial charge in [-0.15, -0.1) is 0 Å². The van der Waals surface area contributed by atoms with E-state index in [1.807, 2.05) is 11.8 Å². The van der Waals surface area contributed by atoms with Crippen LogP contribution < -0.4 is 0 Å². The number of thioether (sulfide) groups is 1. The lowest BCUT2D eigenvalue weighted by Gasteiger charge is -2.40. The summed E-state index contributed by atoms with van der Waals surface area (Å²) in [4.78, 5) is 11.5. The van der Waals surface area contributed by atoms with E-state index in [1.54, 1.807) is 0 Å². The van der Waals surface area contributed by atoms with Crippen LogP contribution in [-0.4, -0.2) is 34.8 Å². The average molecular weight is 272 g/mol. The van der Waals surface area contributed by atoms with Crippen LogP contribution in [0.4, 0.5) is 0 Å². The van der Waals surface area contributed by atoms with Crippen LogP contribution >= 0.6 is 11.8 Å². The van der Waals surface area contributed by atoms with Gasteiger partial charge < -0.3 is 9.84 Å². The molecule has 2 heterocycles. The van der Waals surface area contributed by atoms with E-state index in [9.17, 15) is 9.90 Å². The molecule has 2 fully saturated rings. The standard InChI is InChI=1S/C14H24O3S/c1-10(2)7-12(13(15)16)11-3-5-17-14(8-11)4-6-18-9-14/h10-12H,3-9H2,1-2H3,(H,15,16). The Morgan fingerprint density at radius 1 is 1.56 bits per heavy atom. The van der Waals surface area contributed by atoms with Crippen molar-refractivity contribution in [3.63, 3.8) is 0 Å². The Balaban J connectivity index is 2.03. The minimum Gasteiger partial charge on any atom is -0.481 e. The van der Waals surface area contributed by atoms with Gasteiger partial charge in [-0.3, -0.25) is 4.79 Å². The molecule has 0 aliphatic carbocycles. The number of hydrogen-bond acceptors (Lipinski definition) is 3. The second kappa shape index (κ2) is 5.83. The van der Waals surface area contributed by atoms with E-state index in [-0.39, 0.29) is 11.5 Å². The highest BCUT2D eigenvalue weighted by atomic mass is 32.2. The van der Waals surface area contributed by atoms with Gasteiger partial charge in [-0.05, 0) is 43.3 Å². The fourth-order valence-corrected chi connectivity index (χ4v) is 4.65. The summed E-state index contributed by atoms with van der Waals surface area (Å²) in [5, 5.41) is 9.46. The molecule has 2 saturated heterocycles. The van der Waals surface area contributed by atoms with Crippen LogP contribution in [0.3, 0.4) is 0 Å². The van der Waals surface area contributed by atoms with Crippen LogP contribution in [0.15, 0.2) is 0 Å². The van der Waals surface area contributed by atoms with Crippen LogP contribution in [0, 0.1) is 17.8 Å². The predicted molar refractivity (Wildman–Crippen MR) is 73.9 cm³/mol. The molecule has 3 unspecified atom stereocenters. The molecule has 1 spiro atoms. The summed E-state index contributed by atoms with van der Waals surface area (Å²) in [7, 11) is 0. The minimum absolute atomic E-state index is 0.00172. The Morgan fingerprint density at radius 2 is 2.33 bits per heavy atom. The van der Waals surface area contributed by atoms with Crippen molar-refractivity contribution in [3.8, 4) is 0 Å². The third kappa shape index (κ3) is 3.21. The average Bonchev–Trinajstić information content (AvgIpc) is 2.73. The lowest BCUT2D eigenvalue weighted by molar-refractivity contribution is -0.149. The molecule has 2 aliphatic heterocycles. The van der Waals surface area contributed by atoms with Crippen molar-refractivity contribution in [1.82, 2.24) is 0 Å². The normalized spacial score (nSPS) is 34.1. The van der Waals surface area contributed by atoms with Crippen molar-refractivity contribution >= 4 is 17.7 Å². The highest BCUT2D eigenvalue weighted by molar-refractivity contribution is 7.99. The molecular formula is C14H24O3S. The van der Waals surface area contributed by atoms with Gasteiger partial charge in [-0.2, -0.15) is 11.8 Å². The van der Waals surface area contributed by atoms with Gasteiger partial charge in [0.1, 0.15) is 0 Å². The highest BCUT2D eigenvalue weighted by Gasteiger charge is 2.43. The van der Waals surface area contributed by atoms with E-state index in [1.165, 1.54) is 0 Å². The smallest absolute Gasteiger partial charge is 0.306 e. The van der Waals surface area contributed by atoms with E-state index in [4.69, 9.17) is 4.74 Å². The Morgan fingerprint density at radius 3 is 2.89 bits per heavy atom. The van der Waals surface area contributed by atoms with E-state index in [2.05, 4.69) is 13.8 Å². The van der Waals surface area contributed by atoms with Crippen LogP contribution in [0.5, 0.6) is 0 Å². The molecule has 2 rings (SSSR count). The van der Waals surface area contributed by atoms with Crippen molar-refractivity contribution in [2.24, 2.45) is 17.8 Å². The first-order chi connectivity index (χ1) is 8.52. The summed E-state index contributed by atoms with van der Waals surface area (Å²) >= 11 is 1.94. The van der Waals surface area contributed by atoms with Gasteiger partial charge in [0.25, 0.3) is 0 Å². The minimum atomic E-state index is -0.614. The summed E-state index contributed by atoms with van der Waals surface area (Å²) in [6.45, 7) is 4.96. The number of hydrogen-bond donors (Lipinski definition) is 1. The first-order valence-corrected chi connectivity index (χ1v) is 8.12. The molecule has 3 atom stereocenters. The van der Waals surface area contributed by atoms with Crippen molar-refractivity contribution in [1.29, 1.82) is 0 Å². The topological polar surface area (TPSA) is 46.5 Å². The zero-order valence-corrected chi connectivity index (χ0v) is 12.2. The Kier molecular flexibility index (Phi) is 4.59. The first-order valence-electron chi connectivity index (χ1n) is 6.97. The van der Waals surface area contributed by atoms with Crippen molar-refractivity contribution in [3.05, 3.63) is 0 Å². The third-order valence-electron chi connectivity index (χ3n) is 4.21. The lowest BCUT2D eigenvalue weighted by atomic mass is 9.75. The third-order valence-corrected chi connectivity index (χ3v) is 5.43. The summed E-state index contributed by atoms with van der Waals surface area (Å²) in [5.41, 5.74) is -0.00172. The first kappa shape index (κ1) is 14.2. The number of carboxylic acids is 1. The number of rotatable bonds is 4. The molecule has 0 saturated carbocycles. The van der Waals surface area contributed by atoms with Crippen molar-refractivity contribution in [2.45, 2.75) is 45.1 Å². The maximum absolute atomic E-state index is 11.5. The molecule has 18 heavy (non-hydrogen) atoms. The van der Waals surface area contributed by atoms with E-state index in [0.717, 1.165) is 43.8 Å². The van der Waals surface area contributed by atoms with E-state index >= 15 is 0 Å². The maximum atomic E-state index is 11.5. The zero-order chi connectivity index (χ0) is 13.2.